The molecule has 7 nitrogen and oxygen atoms in total. The van der Waals surface area contributed by atoms with Crippen LogP contribution in [-0.4, -0.2) is 30.3 Å². The smallest absolute Gasteiger partial charge is 0.184 e. The van der Waals surface area contributed by atoms with Crippen molar-refractivity contribution in [1.82, 2.24) is 30.3 Å². The number of aromatic nitrogens is 6. The fourth-order valence-electron chi connectivity index (χ4n) is 1.92. The average Bonchev–Trinajstić information content (AvgIpc) is 3.03. The summed E-state index contributed by atoms with van der Waals surface area (Å²) in [6.45, 7) is 0. The second-order valence-corrected chi connectivity index (χ2v) is 3.91. The Kier molecular flexibility index (Phi) is 1.99. The number of hydrogen-bond donors (Lipinski definition) is 0. The molecule has 3 aromatic heterocycles. The summed E-state index contributed by atoms with van der Waals surface area (Å²) in [7, 11) is 0. The highest BCUT2D eigenvalue weighted by Crippen LogP contribution is 2.23. The molecule has 1 aromatic carbocycles. The van der Waals surface area contributed by atoms with Crippen LogP contribution in [0.5, 0.6) is 0 Å². The fraction of sp³-hybridized carbons (Fsp3) is 0. The molecule has 0 N–H and O–H groups in total. The van der Waals surface area contributed by atoms with Crippen LogP contribution in [0.25, 0.3) is 33.5 Å². The van der Waals surface area contributed by atoms with Gasteiger partial charge in [0.2, 0.25) is 0 Å². The molecule has 7 heteroatoms. The zero-order chi connectivity index (χ0) is 12.7. The van der Waals surface area contributed by atoms with Gasteiger partial charge in [-0.2, -0.15) is 0 Å². The maximum Gasteiger partial charge on any atom is 0.184 e. The number of rotatable bonds is 1. The molecule has 0 unspecified atom stereocenters. The van der Waals surface area contributed by atoms with Crippen LogP contribution in [0, 0.1) is 0 Å². The highest BCUT2D eigenvalue weighted by molar-refractivity contribution is 6.01. The van der Waals surface area contributed by atoms with E-state index < -0.39 is 0 Å². The van der Waals surface area contributed by atoms with Gasteiger partial charge in [-0.05, 0) is 12.1 Å². The summed E-state index contributed by atoms with van der Waals surface area (Å²) in [4.78, 5) is 17.3. The molecule has 0 saturated heterocycles. The quantitative estimate of drug-likeness (QED) is 0.507. The Morgan fingerprint density at radius 2 is 2.00 bits per heavy atom. The molecule has 19 heavy (non-hydrogen) atoms. The van der Waals surface area contributed by atoms with Gasteiger partial charge >= 0.3 is 0 Å². The number of hydrogen-bond acceptors (Lipinski definition) is 7. The van der Waals surface area contributed by atoms with Crippen LogP contribution in [0.2, 0.25) is 0 Å². The van der Waals surface area contributed by atoms with Crippen LogP contribution >= 0.6 is 0 Å². The molecule has 0 bridgehead atoms. The van der Waals surface area contributed by atoms with Crippen molar-refractivity contribution in [3.05, 3.63) is 37.0 Å². The second kappa shape index (κ2) is 3.77. The van der Waals surface area contributed by atoms with E-state index in [1.165, 1.54) is 6.26 Å². The van der Waals surface area contributed by atoms with Gasteiger partial charge in [-0.25, -0.2) is 9.97 Å². The Morgan fingerprint density at radius 1 is 1.00 bits per heavy atom. The zero-order valence-electron chi connectivity index (χ0n) is 9.56. The van der Waals surface area contributed by atoms with E-state index in [9.17, 15) is 0 Å². The van der Waals surface area contributed by atoms with Crippen LogP contribution in [-0.2, 0) is 0 Å². The van der Waals surface area contributed by atoms with Crippen molar-refractivity contribution in [3.8, 4) is 11.5 Å². The lowest BCUT2D eigenvalue weighted by molar-refractivity contribution is 0.393. The van der Waals surface area contributed by atoms with Gasteiger partial charge < -0.3 is 4.52 Å². The lowest BCUT2D eigenvalue weighted by Crippen LogP contribution is -1.79. The molecule has 0 amide bonds. The molecular weight excluding hydrogens is 244 g/mol. The van der Waals surface area contributed by atoms with Gasteiger partial charge in [0, 0.05) is 29.2 Å². The summed E-state index contributed by atoms with van der Waals surface area (Å²) in [6.07, 6.45) is 6.41. The molecule has 4 rings (SSSR count). The summed E-state index contributed by atoms with van der Waals surface area (Å²) < 4.78 is 4.70. The zero-order valence-corrected chi connectivity index (χ0v) is 9.56. The van der Waals surface area contributed by atoms with Gasteiger partial charge in [0.1, 0.15) is 5.52 Å². The molecule has 0 saturated carbocycles. The van der Waals surface area contributed by atoms with Gasteiger partial charge in [0.25, 0.3) is 0 Å². The van der Waals surface area contributed by atoms with Gasteiger partial charge in [-0.1, -0.05) is 0 Å². The fourth-order valence-corrected chi connectivity index (χ4v) is 1.92. The van der Waals surface area contributed by atoms with Crippen LogP contribution < -0.4 is 0 Å². The van der Waals surface area contributed by atoms with E-state index in [0.717, 1.165) is 16.4 Å². The van der Waals surface area contributed by atoms with E-state index in [1.807, 2.05) is 12.1 Å². The molecule has 4 aromatic rings. The highest BCUT2D eigenvalue weighted by atomic mass is 16.5. The van der Waals surface area contributed by atoms with Crippen molar-refractivity contribution in [2.75, 3.05) is 0 Å². The standard InChI is InChI=1S/C12H6N6O/c1-2-8-11(10-7(1)5-13-3-4-14-10)16-12(15-8)9-6-19-18-17-9/h1-6H. The Bertz CT molecular complexity index is 874. The molecule has 0 fully saturated rings. The maximum atomic E-state index is 4.70. The minimum Gasteiger partial charge on any atom is -0.345 e. The third-order valence-electron chi connectivity index (χ3n) is 2.76. The van der Waals surface area contributed by atoms with Crippen LogP contribution in [0.3, 0.4) is 0 Å². The number of imidazole rings is 1. The first-order chi connectivity index (χ1) is 9.42. The van der Waals surface area contributed by atoms with Gasteiger partial charge in [0.05, 0.1) is 11.0 Å². The van der Waals surface area contributed by atoms with Crippen molar-refractivity contribution in [2.24, 2.45) is 0 Å². The van der Waals surface area contributed by atoms with Crippen molar-refractivity contribution in [3.63, 3.8) is 0 Å². The Morgan fingerprint density at radius 3 is 2.89 bits per heavy atom. The number of nitrogens with zero attached hydrogens (tertiary/aromatic N) is 6. The molecule has 3 heterocycles. The van der Waals surface area contributed by atoms with E-state index in [0.29, 0.717) is 17.0 Å². The van der Waals surface area contributed by atoms with Gasteiger partial charge in [-0.15, -0.1) is 5.10 Å². The van der Waals surface area contributed by atoms with E-state index in [1.54, 1.807) is 18.6 Å². The minimum atomic E-state index is 0.477. The summed E-state index contributed by atoms with van der Waals surface area (Å²) in [5.41, 5.74) is 2.73. The molecule has 0 atom stereocenters. The number of benzene rings is 1. The normalized spacial score (nSPS) is 11.2. The largest absolute Gasteiger partial charge is 0.345 e. The SMILES string of the molecule is c1cnc2c(ccc3nc(-c4conn4)nc32)cn1. The summed E-state index contributed by atoms with van der Waals surface area (Å²) in [6, 6.07) is 3.79. The van der Waals surface area contributed by atoms with Crippen molar-refractivity contribution >= 4 is 21.9 Å². The summed E-state index contributed by atoms with van der Waals surface area (Å²) >= 11 is 0. The first kappa shape index (κ1) is 10.0. The molecule has 0 radical (unpaired) electrons. The second-order valence-electron chi connectivity index (χ2n) is 3.91. The average molecular weight is 250 g/mol. The molecule has 0 aliphatic heterocycles. The lowest BCUT2D eigenvalue weighted by atomic mass is 10.2. The molecule has 90 valence electrons. The Balaban J connectivity index is 2.09. The van der Waals surface area contributed by atoms with Crippen LogP contribution in [0.1, 0.15) is 0 Å². The lowest BCUT2D eigenvalue weighted by Gasteiger charge is -1.90. The predicted octanol–water partition coefficient (Wildman–Crippen LogP) is 1.62. The van der Waals surface area contributed by atoms with Crippen molar-refractivity contribution in [1.29, 1.82) is 0 Å². The van der Waals surface area contributed by atoms with E-state index in [2.05, 4.69) is 30.3 Å². The Labute approximate surface area is 106 Å². The summed E-state index contributed by atoms with van der Waals surface area (Å²) in [5.74, 6) is 0.477. The number of fused-ring (bicyclic) bond motifs is 3. The van der Waals surface area contributed by atoms with Crippen molar-refractivity contribution < 1.29 is 4.52 Å². The summed E-state index contributed by atoms with van der Waals surface area (Å²) in [5, 5.41) is 8.12. The third-order valence-corrected chi connectivity index (χ3v) is 2.76. The highest BCUT2D eigenvalue weighted by Gasteiger charge is 2.12. The molecule has 0 spiro atoms. The van der Waals surface area contributed by atoms with Gasteiger partial charge in [0.15, 0.2) is 17.8 Å². The first-order valence-electron chi connectivity index (χ1n) is 5.56. The predicted molar refractivity (Wildman–Crippen MR) is 65.9 cm³/mol. The van der Waals surface area contributed by atoms with Crippen LogP contribution in [0.4, 0.5) is 0 Å². The van der Waals surface area contributed by atoms with E-state index >= 15 is 0 Å². The van der Waals surface area contributed by atoms with Crippen LogP contribution in [0.15, 0.2) is 41.5 Å². The Hall–Kier alpha value is -2.96. The topological polar surface area (TPSA) is 90.5 Å². The third kappa shape index (κ3) is 1.52. The molecule has 0 aliphatic carbocycles. The minimum absolute atomic E-state index is 0.477. The monoisotopic (exact) mass is 250 g/mol. The molecular formula is C12H6N6O. The van der Waals surface area contributed by atoms with Crippen molar-refractivity contribution in [2.45, 2.75) is 0 Å². The van der Waals surface area contributed by atoms with E-state index in [4.69, 9.17) is 4.52 Å². The maximum absolute atomic E-state index is 4.70. The first-order valence-corrected chi connectivity index (χ1v) is 5.56. The van der Waals surface area contributed by atoms with Gasteiger partial charge in [-0.3, -0.25) is 9.97 Å². The van der Waals surface area contributed by atoms with E-state index in [-0.39, 0.29) is 0 Å². The molecule has 0 aliphatic rings.